The second-order valence-electron chi connectivity index (χ2n) is 10.8. The summed E-state index contributed by atoms with van der Waals surface area (Å²) in [5, 5.41) is 2.95. The number of urea groups is 1. The molecule has 2 saturated heterocycles. The number of piperidine rings is 1. The van der Waals surface area contributed by atoms with Crippen LogP contribution in [0.3, 0.4) is 0 Å². The summed E-state index contributed by atoms with van der Waals surface area (Å²) in [6.07, 6.45) is 13.2. The summed E-state index contributed by atoms with van der Waals surface area (Å²) in [6, 6.07) is 11.2. The maximum absolute atomic E-state index is 13.1. The molecular weight excluding hydrogens is 478 g/mol. The van der Waals surface area contributed by atoms with Crippen molar-refractivity contribution in [3.63, 3.8) is 0 Å². The number of carbonyl (C=O) groups excluding carboxylic acids is 2. The van der Waals surface area contributed by atoms with Crippen molar-refractivity contribution >= 4 is 23.4 Å². The van der Waals surface area contributed by atoms with E-state index in [9.17, 15) is 9.59 Å². The van der Waals surface area contributed by atoms with E-state index in [0.717, 1.165) is 37.0 Å². The molecule has 3 aliphatic rings. The second-order valence-corrected chi connectivity index (χ2v) is 10.8. The Bertz CT molecular complexity index is 1060. The molecule has 8 heteroatoms. The number of piperazine rings is 1. The normalized spacial score (nSPS) is 18.8. The number of nitrogens with one attached hydrogen (secondary N) is 1. The highest BCUT2D eigenvalue weighted by atomic mass is 16.5. The van der Waals surface area contributed by atoms with Gasteiger partial charge in [0.2, 0.25) is 0 Å². The molecule has 1 aromatic heterocycles. The number of ether oxygens (including phenoxy) is 1. The van der Waals surface area contributed by atoms with Gasteiger partial charge in [-0.05, 0) is 61.9 Å². The molecule has 3 heterocycles. The van der Waals surface area contributed by atoms with Gasteiger partial charge < -0.3 is 24.8 Å². The van der Waals surface area contributed by atoms with Crippen LogP contribution in [0.5, 0.6) is 5.75 Å². The van der Waals surface area contributed by atoms with Crippen LogP contribution in [-0.2, 0) is 0 Å². The number of aromatic nitrogens is 1. The standard InChI is InChI=1S/C30H41N5O3/c36-29(25-10-7-11-27(22-25)38-21-14-24-8-3-1-4-9-24)34-17-19-35(20-18-34)30(37)32-26-12-13-28(31-23-26)33-15-5-2-6-16-33/h7,10-13,22-24H,1-6,8-9,14-21H2,(H,32,37). The minimum absolute atomic E-state index is 0.0136. The van der Waals surface area contributed by atoms with Crippen LogP contribution in [-0.4, -0.2) is 72.6 Å². The summed E-state index contributed by atoms with van der Waals surface area (Å²) in [4.78, 5) is 36.4. The molecule has 3 amide bonds. The van der Waals surface area contributed by atoms with Gasteiger partial charge in [0.25, 0.3) is 5.91 Å². The van der Waals surface area contributed by atoms with E-state index in [0.29, 0.717) is 44.0 Å². The summed E-state index contributed by atoms with van der Waals surface area (Å²) in [6.45, 7) is 4.78. The van der Waals surface area contributed by atoms with Crippen molar-refractivity contribution in [2.45, 2.75) is 57.8 Å². The maximum Gasteiger partial charge on any atom is 0.322 e. The van der Waals surface area contributed by atoms with Gasteiger partial charge in [-0.15, -0.1) is 0 Å². The first-order valence-corrected chi connectivity index (χ1v) is 14.4. The lowest BCUT2D eigenvalue weighted by Crippen LogP contribution is -2.51. The smallest absolute Gasteiger partial charge is 0.322 e. The van der Waals surface area contributed by atoms with Crippen LogP contribution >= 0.6 is 0 Å². The molecular formula is C30H41N5O3. The molecule has 5 rings (SSSR count). The third-order valence-electron chi connectivity index (χ3n) is 8.13. The number of rotatable bonds is 7. The van der Waals surface area contributed by atoms with Gasteiger partial charge in [0.05, 0.1) is 18.5 Å². The van der Waals surface area contributed by atoms with E-state index < -0.39 is 0 Å². The Hall–Kier alpha value is -3.29. The fourth-order valence-corrected chi connectivity index (χ4v) is 5.81. The van der Waals surface area contributed by atoms with E-state index in [4.69, 9.17) is 4.74 Å². The molecule has 1 saturated carbocycles. The molecule has 8 nitrogen and oxygen atoms in total. The van der Waals surface area contributed by atoms with Crippen molar-refractivity contribution in [1.29, 1.82) is 0 Å². The number of nitrogens with zero attached hydrogens (tertiary/aromatic N) is 4. The highest BCUT2D eigenvalue weighted by Gasteiger charge is 2.25. The van der Waals surface area contributed by atoms with Crippen LogP contribution in [0.15, 0.2) is 42.6 Å². The zero-order valence-corrected chi connectivity index (χ0v) is 22.4. The van der Waals surface area contributed by atoms with E-state index in [-0.39, 0.29) is 11.9 Å². The summed E-state index contributed by atoms with van der Waals surface area (Å²) in [5.41, 5.74) is 1.33. The SMILES string of the molecule is O=C(Nc1ccc(N2CCCCC2)nc1)N1CCN(C(=O)c2cccc(OCCC3CCCCC3)c2)CC1. The van der Waals surface area contributed by atoms with Crippen LogP contribution in [0.2, 0.25) is 0 Å². The van der Waals surface area contributed by atoms with E-state index in [1.54, 1.807) is 11.1 Å². The second kappa shape index (κ2) is 13.0. The molecule has 2 aliphatic heterocycles. The summed E-state index contributed by atoms with van der Waals surface area (Å²) in [5.74, 6) is 2.48. The molecule has 0 unspecified atom stereocenters. The van der Waals surface area contributed by atoms with Crippen LogP contribution in [0.1, 0.15) is 68.1 Å². The lowest BCUT2D eigenvalue weighted by Gasteiger charge is -2.34. The average Bonchev–Trinajstić information content (AvgIpc) is 2.98. The summed E-state index contributed by atoms with van der Waals surface area (Å²) in [7, 11) is 0. The van der Waals surface area contributed by atoms with Gasteiger partial charge in [-0.3, -0.25) is 4.79 Å². The molecule has 1 N–H and O–H groups in total. The molecule has 0 spiro atoms. The predicted octanol–water partition coefficient (Wildman–Crippen LogP) is 5.41. The number of amides is 3. The van der Waals surface area contributed by atoms with E-state index in [1.807, 2.05) is 41.3 Å². The Morgan fingerprint density at radius 3 is 2.34 bits per heavy atom. The molecule has 0 radical (unpaired) electrons. The summed E-state index contributed by atoms with van der Waals surface area (Å²) < 4.78 is 5.99. The lowest BCUT2D eigenvalue weighted by molar-refractivity contribution is 0.0671. The highest BCUT2D eigenvalue weighted by Crippen LogP contribution is 2.27. The van der Waals surface area contributed by atoms with Gasteiger partial charge in [0.15, 0.2) is 0 Å². The number of carbonyl (C=O) groups is 2. The van der Waals surface area contributed by atoms with Crippen molar-refractivity contribution in [3.05, 3.63) is 48.2 Å². The van der Waals surface area contributed by atoms with Crippen molar-refractivity contribution < 1.29 is 14.3 Å². The third kappa shape index (κ3) is 6.97. The van der Waals surface area contributed by atoms with Gasteiger partial charge in [0.1, 0.15) is 11.6 Å². The fourth-order valence-electron chi connectivity index (χ4n) is 5.81. The molecule has 1 aromatic carbocycles. The van der Waals surface area contributed by atoms with Crippen molar-refractivity contribution in [1.82, 2.24) is 14.8 Å². The van der Waals surface area contributed by atoms with Gasteiger partial charge in [-0.1, -0.05) is 38.2 Å². The monoisotopic (exact) mass is 519 g/mol. The van der Waals surface area contributed by atoms with E-state index in [1.165, 1.54) is 51.4 Å². The predicted molar refractivity (Wildman–Crippen MR) is 150 cm³/mol. The number of hydrogen-bond donors (Lipinski definition) is 1. The molecule has 1 aliphatic carbocycles. The zero-order chi connectivity index (χ0) is 26.2. The van der Waals surface area contributed by atoms with Crippen LogP contribution < -0.4 is 15.0 Å². The number of benzene rings is 1. The van der Waals surface area contributed by atoms with Crippen molar-refractivity contribution in [2.75, 3.05) is 56.1 Å². The number of anilines is 2. The molecule has 0 bridgehead atoms. The Labute approximate surface area is 226 Å². The van der Waals surface area contributed by atoms with Crippen LogP contribution in [0.25, 0.3) is 0 Å². The first-order valence-electron chi connectivity index (χ1n) is 14.4. The first-order chi connectivity index (χ1) is 18.7. The number of hydrogen-bond acceptors (Lipinski definition) is 5. The Kier molecular flexibility index (Phi) is 8.99. The largest absolute Gasteiger partial charge is 0.494 e. The first kappa shape index (κ1) is 26.3. The third-order valence-corrected chi connectivity index (χ3v) is 8.13. The molecule has 0 atom stereocenters. The highest BCUT2D eigenvalue weighted by molar-refractivity contribution is 5.95. The Balaban J connectivity index is 1.07. The van der Waals surface area contributed by atoms with Gasteiger partial charge >= 0.3 is 6.03 Å². The summed E-state index contributed by atoms with van der Waals surface area (Å²) >= 11 is 0. The molecule has 38 heavy (non-hydrogen) atoms. The molecule has 3 fully saturated rings. The number of pyridine rings is 1. The van der Waals surface area contributed by atoms with E-state index >= 15 is 0 Å². The van der Waals surface area contributed by atoms with E-state index in [2.05, 4.69) is 15.2 Å². The van der Waals surface area contributed by atoms with Crippen molar-refractivity contribution in [2.24, 2.45) is 5.92 Å². The minimum atomic E-state index is -0.155. The fraction of sp³-hybridized carbons (Fsp3) is 0.567. The maximum atomic E-state index is 13.1. The molecule has 204 valence electrons. The van der Waals surface area contributed by atoms with Crippen LogP contribution in [0, 0.1) is 5.92 Å². The quantitative estimate of drug-likeness (QED) is 0.529. The Morgan fingerprint density at radius 2 is 1.61 bits per heavy atom. The Morgan fingerprint density at radius 1 is 0.868 bits per heavy atom. The van der Waals surface area contributed by atoms with Gasteiger partial charge in [-0.2, -0.15) is 0 Å². The van der Waals surface area contributed by atoms with Gasteiger partial charge in [-0.25, -0.2) is 9.78 Å². The topological polar surface area (TPSA) is 78.0 Å². The zero-order valence-electron chi connectivity index (χ0n) is 22.4. The lowest BCUT2D eigenvalue weighted by atomic mass is 9.87. The van der Waals surface area contributed by atoms with Crippen LogP contribution in [0.4, 0.5) is 16.3 Å². The van der Waals surface area contributed by atoms with Gasteiger partial charge in [0, 0.05) is 44.8 Å². The average molecular weight is 520 g/mol. The van der Waals surface area contributed by atoms with Crippen molar-refractivity contribution in [3.8, 4) is 5.75 Å². The minimum Gasteiger partial charge on any atom is -0.494 e. The molecule has 2 aromatic rings.